The van der Waals surface area contributed by atoms with Gasteiger partial charge in [0, 0.05) is 0 Å². The minimum absolute atomic E-state index is 0.0838. The van der Waals surface area contributed by atoms with Gasteiger partial charge < -0.3 is 0 Å². The van der Waals surface area contributed by atoms with Gasteiger partial charge in [-0.15, -0.1) is 0 Å². The Morgan fingerprint density at radius 1 is 0.522 bits per heavy atom. The van der Waals surface area contributed by atoms with Crippen LogP contribution < -0.4 is 0 Å². The highest BCUT2D eigenvalue weighted by molar-refractivity contribution is 6.00. The molecule has 138 valence electrons. The smallest absolute Gasteiger partial charge is 0.216 e. The highest BCUT2D eigenvalue weighted by Gasteiger charge is 2.86. The molecule has 0 bridgehead atoms. The normalized spacial score (nSPS) is 16.7. The first kappa shape index (κ1) is 21.6. The van der Waals surface area contributed by atoms with E-state index in [4.69, 9.17) is 0 Å². The van der Waals surface area contributed by atoms with Crippen molar-refractivity contribution in [3.05, 3.63) is 0 Å². The van der Waals surface area contributed by atoms with Crippen LogP contribution in [0.25, 0.3) is 0 Å². The van der Waals surface area contributed by atoms with Crippen molar-refractivity contribution in [2.45, 2.75) is 36.0 Å². The van der Waals surface area contributed by atoms with E-state index in [9.17, 15) is 65.9 Å². The maximum absolute atomic E-state index is 13.1. The largest absolute Gasteiger partial charge is 0.460 e. The predicted octanol–water partition coefficient (Wildman–Crippen LogP) is 4.98. The molecule has 0 amide bonds. The van der Waals surface area contributed by atoms with E-state index in [1.54, 1.807) is 0 Å². The van der Waals surface area contributed by atoms with Crippen LogP contribution in [-0.4, -0.2) is 41.8 Å². The molecule has 0 N–H and O–H groups in total. The molecule has 0 aromatic heterocycles. The summed E-state index contributed by atoms with van der Waals surface area (Å²) < 4.78 is 183. The van der Waals surface area contributed by atoms with Gasteiger partial charge in [0.25, 0.3) is 0 Å². The molecular weight excluding hydrogens is 383 g/mol. The third-order valence-corrected chi connectivity index (χ3v) is 2.24. The van der Waals surface area contributed by atoms with Crippen LogP contribution in [0.15, 0.2) is 5.21 Å². The number of rotatable bonds is 3. The second-order valence-corrected chi connectivity index (χ2v) is 3.73. The Balaban J connectivity index is 6.63. The molecule has 0 unspecified atom stereocenters. The lowest BCUT2D eigenvalue weighted by Gasteiger charge is -2.36. The summed E-state index contributed by atoms with van der Waals surface area (Å²) in [5.74, 6) is -15.3. The molecule has 0 heterocycles. The van der Waals surface area contributed by atoms with Crippen LogP contribution in [0, 0.1) is 0 Å². The second-order valence-electron chi connectivity index (χ2n) is 3.73. The van der Waals surface area contributed by atoms with Gasteiger partial charge in [-0.25, -0.2) is 4.39 Å². The van der Waals surface area contributed by atoms with Gasteiger partial charge in [-0.3, -0.25) is 0 Å². The average molecular weight is 383 g/mol. The number of hydrogen-bond acceptors (Lipinski definition) is 1. The molecule has 0 atom stereocenters. The fourth-order valence-electron chi connectivity index (χ4n) is 1.08. The van der Waals surface area contributed by atoms with E-state index < -0.39 is 41.8 Å². The van der Waals surface area contributed by atoms with E-state index in [2.05, 4.69) is 0 Å². The Hall–Kier alpha value is -1.38. The highest BCUT2D eigenvalue weighted by Crippen LogP contribution is 2.55. The Morgan fingerprint density at radius 3 is 1.00 bits per heavy atom. The van der Waals surface area contributed by atoms with Crippen molar-refractivity contribution in [1.82, 2.24) is 0 Å². The molecule has 0 aliphatic rings. The second kappa shape index (κ2) is 5.32. The SMILES string of the molecule is F/N=C(/C(F)(F)C(F)(F)C(F)(F)F)C(F)(C(F)(F)F)C(F)(F)F. The van der Waals surface area contributed by atoms with Gasteiger partial charge in [0.2, 0.25) is 0 Å². The molecule has 0 saturated carbocycles. The Bertz CT molecular complexity index is 448. The van der Waals surface area contributed by atoms with Crippen molar-refractivity contribution in [2.75, 3.05) is 0 Å². The number of halogens is 15. The van der Waals surface area contributed by atoms with Crippen molar-refractivity contribution in [2.24, 2.45) is 5.21 Å². The molecular formula is C7F15N. The van der Waals surface area contributed by atoms with Crippen LogP contribution in [0.3, 0.4) is 0 Å². The highest BCUT2D eigenvalue weighted by atomic mass is 19.4. The zero-order chi connectivity index (χ0) is 19.3. The Labute approximate surface area is 114 Å². The molecule has 1 nitrogen and oxygen atoms in total. The first-order chi connectivity index (χ1) is 9.69. The summed E-state index contributed by atoms with van der Waals surface area (Å²) in [7, 11) is 0. The molecule has 0 spiro atoms. The van der Waals surface area contributed by atoms with Crippen molar-refractivity contribution in [3.63, 3.8) is 0 Å². The Kier molecular flexibility index (Phi) is 5.00. The molecule has 0 radical (unpaired) electrons. The monoisotopic (exact) mass is 383 g/mol. The molecule has 16 heteroatoms. The summed E-state index contributed by atoms with van der Waals surface area (Å²) >= 11 is 0. The lowest BCUT2D eigenvalue weighted by molar-refractivity contribution is -0.349. The molecule has 0 aliphatic carbocycles. The van der Waals surface area contributed by atoms with Crippen molar-refractivity contribution >= 4 is 5.71 Å². The average Bonchev–Trinajstić information content (AvgIpc) is 2.24. The van der Waals surface area contributed by atoms with Gasteiger partial charge in [0.15, 0.2) is 5.71 Å². The standard InChI is InChI=1S/C7F15N/c8-2(5(13,14)15,6(16,17)18)1(23-22)3(9,10)4(11,12)7(19,20)21/b23-1+. The fourth-order valence-corrected chi connectivity index (χ4v) is 1.08. The molecule has 0 aromatic rings. The van der Waals surface area contributed by atoms with Crippen LogP contribution in [-0.2, 0) is 0 Å². The Morgan fingerprint density at radius 2 is 0.826 bits per heavy atom. The quantitative estimate of drug-likeness (QED) is 0.482. The molecule has 0 fully saturated rings. The lowest BCUT2D eigenvalue weighted by Crippen LogP contribution is -2.68. The zero-order valence-corrected chi connectivity index (χ0v) is 9.62. The van der Waals surface area contributed by atoms with Crippen molar-refractivity contribution in [3.8, 4) is 0 Å². The van der Waals surface area contributed by atoms with E-state index in [0.29, 0.717) is 0 Å². The molecule has 0 aliphatic heterocycles. The van der Waals surface area contributed by atoms with Crippen molar-refractivity contribution in [1.29, 1.82) is 0 Å². The zero-order valence-electron chi connectivity index (χ0n) is 9.62. The van der Waals surface area contributed by atoms with E-state index in [1.165, 1.54) is 0 Å². The van der Waals surface area contributed by atoms with E-state index >= 15 is 0 Å². The van der Waals surface area contributed by atoms with Gasteiger partial charge in [-0.05, 0) is 0 Å². The van der Waals surface area contributed by atoms with Gasteiger partial charge >= 0.3 is 36.0 Å². The summed E-state index contributed by atoms with van der Waals surface area (Å²) in [5, 5.41) is -0.0838. The maximum atomic E-state index is 13.1. The summed E-state index contributed by atoms with van der Waals surface area (Å²) in [6, 6.07) is 0. The molecule has 0 aromatic carbocycles. The van der Waals surface area contributed by atoms with E-state index in [0.717, 1.165) is 0 Å². The predicted molar refractivity (Wildman–Crippen MR) is 40.4 cm³/mol. The molecule has 0 rings (SSSR count). The van der Waals surface area contributed by atoms with Crippen LogP contribution in [0.4, 0.5) is 65.9 Å². The fraction of sp³-hybridized carbons (Fsp3) is 0.857. The van der Waals surface area contributed by atoms with Crippen LogP contribution >= 0.6 is 0 Å². The maximum Gasteiger partial charge on any atom is 0.460 e. The minimum atomic E-state index is -7.70. The molecule has 0 saturated heterocycles. The van der Waals surface area contributed by atoms with Crippen molar-refractivity contribution < 1.29 is 65.9 Å². The van der Waals surface area contributed by atoms with Gasteiger partial charge in [-0.2, -0.15) is 57.1 Å². The summed E-state index contributed by atoms with van der Waals surface area (Å²) in [6.45, 7) is 0. The third-order valence-electron chi connectivity index (χ3n) is 2.24. The first-order valence-corrected chi connectivity index (χ1v) is 4.54. The lowest BCUT2D eigenvalue weighted by atomic mass is 9.89. The summed E-state index contributed by atoms with van der Waals surface area (Å²) in [5.41, 5.74) is -12.6. The van der Waals surface area contributed by atoms with Gasteiger partial charge in [0.1, 0.15) is 0 Å². The van der Waals surface area contributed by atoms with E-state index in [1.807, 2.05) is 0 Å². The summed E-state index contributed by atoms with van der Waals surface area (Å²) in [4.78, 5) is 0. The number of hydrogen-bond donors (Lipinski definition) is 0. The number of nitrogens with zero attached hydrogens (tertiary/aromatic N) is 1. The van der Waals surface area contributed by atoms with Crippen LogP contribution in [0.5, 0.6) is 0 Å². The van der Waals surface area contributed by atoms with Crippen LogP contribution in [0.1, 0.15) is 0 Å². The molecule has 23 heavy (non-hydrogen) atoms. The number of alkyl halides is 14. The summed E-state index contributed by atoms with van der Waals surface area (Å²) in [6.07, 6.45) is -22.6. The minimum Gasteiger partial charge on any atom is -0.216 e. The van der Waals surface area contributed by atoms with Gasteiger partial charge in [0.05, 0.1) is 0 Å². The topological polar surface area (TPSA) is 12.4 Å². The van der Waals surface area contributed by atoms with E-state index in [-0.39, 0.29) is 5.21 Å². The van der Waals surface area contributed by atoms with Crippen LogP contribution in [0.2, 0.25) is 0 Å². The third kappa shape index (κ3) is 3.02. The van der Waals surface area contributed by atoms with Gasteiger partial charge in [-0.1, -0.05) is 9.70 Å². The first-order valence-electron chi connectivity index (χ1n) is 4.54.